The predicted molar refractivity (Wildman–Crippen MR) is 128 cm³/mol. The van der Waals surface area contributed by atoms with Gasteiger partial charge in [-0.1, -0.05) is 6.07 Å². The van der Waals surface area contributed by atoms with Gasteiger partial charge in [0.25, 0.3) is 5.91 Å². The number of esters is 1. The second-order valence-corrected chi connectivity index (χ2v) is 10.3. The Morgan fingerprint density at radius 2 is 1.43 bits per heavy atom. The number of nitrogens with zero attached hydrogens (tertiary/aromatic N) is 2. The zero-order valence-electron chi connectivity index (χ0n) is 22.2. The molecule has 35 heavy (non-hydrogen) atoms. The molecule has 0 aliphatic rings. The van der Waals surface area contributed by atoms with Crippen LogP contribution in [0.3, 0.4) is 0 Å². The van der Waals surface area contributed by atoms with Crippen LogP contribution in [0.1, 0.15) is 61.0 Å². The Labute approximate surface area is 206 Å². The molecule has 11 heteroatoms. The van der Waals surface area contributed by atoms with E-state index in [4.69, 9.17) is 18.9 Å². The van der Waals surface area contributed by atoms with E-state index in [1.165, 1.54) is 26.5 Å². The number of imide groups is 1. The van der Waals surface area contributed by atoms with Gasteiger partial charge in [0, 0.05) is 19.7 Å². The Morgan fingerprint density at radius 3 is 1.80 bits per heavy atom. The molecule has 0 saturated carbocycles. The number of rotatable bonds is 7. The highest BCUT2D eigenvalue weighted by molar-refractivity contribution is 6.08. The molecule has 0 fully saturated rings. The second kappa shape index (κ2) is 11.5. The summed E-state index contributed by atoms with van der Waals surface area (Å²) in [6.45, 7) is 13.1. The normalized spacial score (nSPS) is 12.9. The number of anilines is 1. The number of amides is 3. The summed E-state index contributed by atoms with van der Waals surface area (Å²) in [6, 6.07) is 1.97. The van der Waals surface area contributed by atoms with Gasteiger partial charge in [-0.3, -0.25) is 4.79 Å². The average Bonchev–Trinajstić information content (AvgIpc) is 2.71. The van der Waals surface area contributed by atoms with Crippen molar-refractivity contribution in [2.24, 2.45) is 0 Å². The van der Waals surface area contributed by atoms with Gasteiger partial charge in [0.15, 0.2) is 0 Å². The number of ether oxygens (including phenoxy) is 4. The van der Waals surface area contributed by atoms with Gasteiger partial charge in [0.1, 0.15) is 28.7 Å². The first-order valence-corrected chi connectivity index (χ1v) is 11.0. The third-order valence-corrected chi connectivity index (χ3v) is 4.48. The molecule has 1 aromatic heterocycles. The molecule has 0 saturated heterocycles. The van der Waals surface area contributed by atoms with E-state index in [0.29, 0.717) is 10.5 Å². The average molecular weight is 496 g/mol. The molecule has 0 spiro atoms. The fourth-order valence-corrected chi connectivity index (χ4v) is 2.54. The fraction of sp³-hybridized carbons (Fsp3) is 0.625. The van der Waals surface area contributed by atoms with E-state index in [-0.39, 0.29) is 12.2 Å². The molecule has 1 heterocycles. The maximum Gasteiger partial charge on any atom is 0.425 e. The molecule has 1 atom stereocenters. The van der Waals surface area contributed by atoms with Crippen LogP contribution in [0.5, 0.6) is 0 Å². The van der Waals surface area contributed by atoms with Crippen LogP contribution in [0.15, 0.2) is 18.3 Å². The molecule has 196 valence electrons. The summed E-state index contributed by atoms with van der Waals surface area (Å²) in [4.78, 5) is 55.1. The largest absolute Gasteiger partial charge is 0.467 e. The van der Waals surface area contributed by atoms with E-state index in [9.17, 15) is 19.2 Å². The molecule has 1 N–H and O–H groups in total. The highest BCUT2D eigenvalue weighted by Gasteiger charge is 2.34. The molecular weight excluding hydrogens is 458 g/mol. The molecule has 0 aliphatic carbocycles. The maximum atomic E-state index is 12.8. The predicted octanol–water partition coefficient (Wildman–Crippen LogP) is 3.38. The summed E-state index contributed by atoms with van der Waals surface area (Å²) in [5.74, 6) is -1.18. The van der Waals surface area contributed by atoms with Crippen LogP contribution in [-0.4, -0.2) is 66.1 Å². The third-order valence-electron chi connectivity index (χ3n) is 4.48. The molecular formula is C24H37N3O8. The summed E-state index contributed by atoms with van der Waals surface area (Å²) < 4.78 is 20.6. The van der Waals surface area contributed by atoms with Crippen molar-refractivity contribution in [3.8, 4) is 0 Å². The minimum atomic E-state index is -1.16. The number of aromatic nitrogens is 1. The van der Waals surface area contributed by atoms with Crippen LogP contribution in [0.25, 0.3) is 0 Å². The molecule has 1 rings (SSSR count). The van der Waals surface area contributed by atoms with Crippen molar-refractivity contribution >= 4 is 29.9 Å². The molecule has 0 aromatic carbocycles. The quantitative estimate of drug-likeness (QED) is 0.446. The Bertz CT molecular complexity index is 886. The van der Waals surface area contributed by atoms with E-state index in [0.717, 1.165) is 0 Å². The van der Waals surface area contributed by atoms with E-state index in [1.807, 2.05) is 0 Å². The highest BCUT2D eigenvalue weighted by Crippen LogP contribution is 2.21. The lowest BCUT2D eigenvalue weighted by Gasteiger charge is -2.28. The number of methoxy groups -OCH3 is 2. The first-order valence-electron chi connectivity index (χ1n) is 11.0. The molecule has 1 aromatic rings. The van der Waals surface area contributed by atoms with Gasteiger partial charge in [-0.25, -0.2) is 19.4 Å². The van der Waals surface area contributed by atoms with Gasteiger partial charge in [-0.2, -0.15) is 4.90 Å². The Hall–Kier alpha value is -3.21. The number of hydrogen-bond donors (Lipinski definition) is 1. The summed E-state index contributed by atoms with van der Waals surface area (Å²) >= 11 is 0. The lowest BCUT2D eigenvalue weighted by molar-refractivity contribution is -0.149. The van der Waals surface area contributed by atoms with Crippen molar-refractivity contribution in [1.82, 2.24) is 10.3 Å². The fourth-order valence-electron chi connectivity index (χ4n) is 2.54. The topological polar surface area (TPSA) is 133 Å². The highest BCUT2D eigenvalue weighted by atomic mass is 16.6. The number of nitrogens with one attached hydrogen (secondary N) is 1. The molecule has 0 bridgehead atoms. The number of carbonyl (C=O) groups excluding carboxylic acids is 4. The van der Waals surface area contributed by atoms with Gasteiger partial charge in [-0.15, -0.1) is 0 Å². The van der Waals surface area contributed by atoms with Crippen molar-refractivity contribution in [3.05, 3.63) is 23.9 Å². The second-order valence-electron chi connectivity index (χ2n) is 10.3. The van der Waals surface area contributed by atoms with E-state index < -0.39 is 46.9 Å². The zero-order valence-corrected chi connectivity index (χ0v) is 22.2. The van der Waals surface area contributed by atoms with Crippen molar-refractivity contribution in [2.45, 2.75) is 84.7 Å². The summed E-state index contributed by atoms with van der Waals surface area (Å²) in [7, 11) is 2.60. The first kappa shape index (κ1) is 29.8. The van der Waals surface area contributed by atoms with Gasteiger partial charge in [-0.05, 0) is 67.0 Å². The van der Waals surface area contributed by atoms with Crippen LogP contribution in [0.4, 0.5) is 15.4 Å². The number of pyridine rings is 1. The zero-order chi connectivity index (χ0) is 27.2. The molecule has 0 aliphatic heterocycles. The van der Waals surface area contributed by atoms with Gasteiger partial charge >= 0.3 is 18.2 Å². The minimum Gasteiger partial charge on any atom is -0.467 e. The molecule has 0 radical (unpaired) electrons. The van der Waals surface area contributed by atoms with E-state index >= 15 is 0 Å². The van der Waals surface area contributed by atoms with E-state index in [2.05, 4.69) is 10.3 Å². The monoisotopic (exact) mass is 495 g/mol. The summed E-state index contributed by atoms with van der Waals surface area (Å²) in [5, 5.41) is 2.61. The van der Waals surface area contributed by atoms with Crippen LogP contribution in [-0.2, 0) is 35.0 Å². The smallest absolute Gasteiger partial charge is 0.425 e. The van der Waals surface area contributed by atoms with Crippen LogP contribution in [0.2, 0.25) is 0 Å². The first-order chi connectivity index (χ1) is 15.9. The van der Waals surface area contributed by atoms with Crippen molar-refractivity contribution in [3.63, 3.8) is 0 Å². The Balaban J connectivity index is 3.21. The van der Waals surface area contributed by atoms with E-state index in [1.54, 1.807) is 61.5 Å². The number of carbonyl (C=O) groups is 4. The SMILES string of the molecule is COC(=O)C(Cc1ccc(N(C(=O)OC(C)(C)C)C(=O)OC(C)(C)C)nc1)NC(=O)C(C)(C)OC. The van der Waals surface area contributed by atoms with Crippen LogP contribution < -0.4 is 10.2 Å². The summed E-state index contributed by atoms with van der Waals surface area (Å²) in [5.41, 5.74) is -2.35. The van der Waals surface area contributed by atoms with Crippen molar-refractivity contribution in [1.29, 1.82) is 0 Å². The van der Waals surface area contributed by atoms with Crippen molar-refractivity contribution in [2.75, 3.05) is 19.1 Å². The van der Waals surface area contributed by atoms with Crippen LogP contribution >= 0.6 is 0 Å². The standard InChI is InChI=1S/C24H37N3O8/c1-22(2,3)34-20(30)27(21(31)35-23(4,5)6)17-12-11-15(14-25-17)13-16(18(28)32-9)26-19(29)24(7,8)33-10/h11-12,14,16H,13H2,1-10H3,(H,26,29). The maximum absolute atomic E-state index is 12.8. The summed E-state index contributed by atoms with van der Waals surface area (Å²) in [6.07, 6.45) is -0.479. The lowest BCUT2D eigenvalue weighted by Crippen LogP contribution is -2.51. The Kier molecular flexibility index (Phi) is 9.78. The van der Waals surface area contributed by atoms with Gasteiger partial charge in [0.2, 0.25) is 0 Å². The lowest BCUT2D eigenvalue weighted by atomic mass is 10.0. The molecule has 11 nitrogen and oxygen atoms in total. The Morgan fingerprint density at radius 1 is 0.914 bits per heavy atom. The van der Waals surface area contributed by atoms with Gasteiger partial charge < -0.3 is 24.3 Å². The molecule has 1 unspecified atom stereocenters. The molecule has 3 amide bonds. The van der Waals surface area contributed by atoms with Gasteiger partial charge in [0.05, 0.1) is 7.11 Å². The third kappa shape index (κ3) is 9.51. The van der Waals surface area contributed by atoms with Crippen LogP contribution in [0, 0.1) is 0 Å². The van der Waals surface area contributed by atoms with Crippen molar-refractivity contribution < 1.29 is 38.1 Å². The minimum absolute atomic E-state index is 0.0311. The number of hydrogen-bond acceptors (Lipinski definition) is 9.